The minimum Gasteiger partial charge on any atom is -0.465 e. The Hall–Kier alpha value is -1.64. The molecule has 0 heterocycles. The van der Waals surface area contributed by atoms with Crippen molar-refractivity contribution in [1.29, 1.82) is 0 Å². The third-order valence-corrected chi connectivity index (χ3v) is 1.48. The number of ether oxygens (including phenoxy) is 1. The summed E-state index contributed by atoms with van der Waals surface area (Å²) < 4.78 is 4.47. The van der Waals surface area contributed by atoms with Crippen LogP contribution in [0.25, 0.3) is 0 Å². The van der Waals surface area contributed by atoms with E-state index in [1.54, 1.807) is 0 Å². The fraction of sp³-hybridized carbons (Fsp3) is 0.200. The molecule has 0 amide bonds. The van der Waals surface area contributed by atoms with Crippen LogP contribution >= 0.6 is 0 Å². The lowest BCUT2D eigenvalue weighted by Crippen LogP contribution is -2.08. The van der Waals surface area contributed by atoms with Crippen LogP contribution in [0, 0.1) is 0 Å². The lowest BCUT2D eigenvalue weighted by Gasteiger charge is -2.03. The number of esters is 1. The third kappa shape index (κ3) is 2.71. The van der Waals surface area contributed by atoms with Gasteiger partial charge in [0.15, 0.2) is 5.78 Å². The van der Waals surface area contributed by atoms with E-state index in [0.29, 0.717) is 0 Å². The van der Waals surface area contributed by atoms with Crippen LogP contribution in [0.4, 0.5) is 0 Å². The quantitative estimate of drug-likeness (QED) is 0.373. The van der Waals surface area contributed by atoms with E-state index in [-0.39, 0.29) is 16.9 Å². The highest BCUT2D eigenvalue weighted by Crippen LogP contribution is 2.09. The molecule has 3 heteroatoms. The molecule has 13 heavy (non-hydrogen) atoms. The van der Waals surface area contributed by atoms with Crippen LogP contribution in [-0.4, -0.2) is 18.9 Å². The zero-order valence-corrected chi connectivity index (χ0v) is 7.79. The van der Waals surface area contributed by atoms with Crippen LogP contribution in [0.3, 0.4) is 0 Å². The molecular formula is C10H12O3. The number of Topliss-reactive ketones (excluding diaryl/α,β-unsaturated/α-hetero) is 1. The second kappa shape index (κ2) is 5.09. The fourth-order valence-electron chi connectivity index (χ4n) is 0.857. The molecule has 0 N–H and O–H groups in total. The van der Waals surface area contributed by atoms with E-state index in [9.17, 15) is 9.59 Å². The average molecular weight is 180 g/mol. The first kappa shape index (κ1) is 11.4. The average Bonchev–Trinajstić information content (AvgIpc) is 2.12. The molecule has 0 aliphatic carbocycles. The first-order valence-corrected chi connectivity index (χ1v) is 3.66. The maximum absolute atomic E-state index is 11.1. The molecule has 0 spiro atoms. The SMILES string of the molecule is C=C/C(C(C)=O)=C(\C=C)C(=O)OC. The lowest BCUT2D eigenvalue weighted by atomic mass is 10.1. The predicted molar refractivity (Wildman–Crippen MR) is 50.1 cm³/mol. The molecule has 0 aromatic rings. The van der Waals surface area contributed by atoms with E-state index in [0.717, 1.165) is 0 Å². The Morgan fingerprint density at radius 1 is 1.15 bits per heavy atom. The minimum atomic E-state index is -0.583. The van der Waals surface area contributed by atoms with Gasteiger partial charge < -0.3 is 4.74 Å². The normalized spacial score (nSPS) is 11.2. The Morgan fingerprint density at radius 2 is 1.62 bits per heavy atom. The monoisotopic (exact) mass is 180 g/mol. The van der Waals surface area contributed by atoms with Gasteiger partial charge in [-0.2, -0.15) is 0 Å². The van der Waals surface area contributed by atoms with Gasteiger partial charge in [0.2, 0.25) is 0 Å². The topological polar surface area (TPSA) is 43.4 Å². The molecule has 0 bridgehead atoms. The first-order chi connectivity index (χ1) is 6.08. The van der Waals surface area contributed by atoms with Gasteiger partial charge >= 0.3 is 5.97 Å². The molecule has 0 aromatic carbocycles. The standard InChI is InChI=1S/C10H12O3/c1-5-8(7(3)11)9(6-2)10(12)13-4/h5-6H,1-2H2,3-4H3/b9-8-. The van der Waals surface area contributed by atoms with E-state index in [2.05, 4.69) is 17.9 Å². The highest BCUT2D eigenvalue weighted by atomic mass is 16.5. The summed E-state index contributed by atoms with van der Waals surface area (Å²) in [5.74, 6) is -0.824. The van der Waals surface area contributed by atoms with Crippen LogP contribution in [-0.2, 0) is 14.3 Å². The maximum atomic E-state index is 11.1. The molecule has 3 nitrogen and oxygen atoms in total. The summed E-state index contributed by atoms with van der Waals surface area (Å²) in [6, 6.07) is 0. The lowest BCUT2D eigenvalue weighted by molar-refractivity contribution is -0.136. The predicted octanol–water partition coefficient (Wildman–Crippen LogP) is 1.42. The van der Waals surface area contributed by atoms with Crippen molar-refractivity contribution in [3.63, 3.8) is 0 Å². The van der Waals surface area contributed by atoms with Crippen molar-refractivity contribution in [3.8, 4) is 0 Å². The summed E-state index contributed by atoms with van der Waals surface area (Å²) in [4.78, 5) is 22.1. The molecule has 0 radical (unpaired) electrons. The Labute approximate surface area is 77.4 Å². The molecule has 0 aliphatic heterocycles. The Balaban J connectivity index is 5.29. The number of methoxy groups -OCH3 is 1. The van der Waals surface area contributed by atoms with Crippen molar-refractivity contribution >= 4 is 11.8 Å². The number of ketones is 1. The van der Waals surface area contributed by atoms with Crippen LogP contribution in [0.5, 0.6) is 0 Å². The fourth-order valence-corrected chi connectivity index (χ4v) is 0.857. The van der Waals surface area contributed by atoms with Gasteiger partial charge in [0.1, 0.15) is 0 Å². The van der Waals surface area contributed by atoms with E-state index < -0.39 is 5.97 Å². The zero-order chi connectivity index (χ0) is 10.4. The Kier molecular flexibility index (Phi) is 4.44. The van der Waals surface area contributed by atoms with E-state index in [1.807, 2.05) is 0 Å². The molecule has 0 saturated heterocycles. The smallest absolute Gasteiger partial charge is 0.338 e. The van der Waals surface area contributed by atoms with Crippen molar-refractivity contribution < 1.29 is 14.3 Å². The molecule has 0 rings (SSSR count). The number of allylic oxidation sites excluding steroid dienone is 2. The zero-order valence-electron chi connectivity index (χ0n) is 7.79. The highest BCUT2D eigenvalue weighted by Gasteiger charge is 2.13. The van der Waals surface area contributed by atoms with Crippen molar-refractivity contribution in [2.45, 2.75) is 6.92 Å². The van der Waals surface area contributed by atoms with Crippen molar-refractivity contribution in [2.75, 3.05) is 7.11 Å². The number of hydrogen-bond donors (Lipinski definition) is 0. The summed E-state index contributed by atoms with van der Waals surface area (Å²) in [5, 5.41) is 0. The summed E-state index contributed by atoms with van der Waals surface area (Å²) >= 11 is 0. The van der Waals surface area contributed by atoms with Gasteiger partial charge in [-0.1, -0.05) is 25.3 Å². The molecule has 0 aliphatic rings. The van der Waals surface area contributed by atoms with Crippen LogP contribution in [0.1, 0.15) is 6.92 Å². The van der Waals surface area contributed by atoms with Gasteiger partial charge in [-0.15, -0.1) is 0 Å². The van der Waals surface area contributed by atoms with Gasteiger partial charge in [-0.3, -0.25) is 4.79 Å². The van der Waals surface area contributed by atoms with Crippen LogP contribution < -0.4 is 0 Å². The molecule has 0 fully saturated rings. The first-order valence-electron chi connectivity index (χ1n) is 3.66. The van der Waals surface area contributed by atoms with Gasteiger partial charge in [0.25, 0.3) is 0 Å². The van der Waals surface area contributed by atoms with Crippen molar-refractivity contribution in [1.82, 2.24) is 0 Å². The Bertz CT molecular complexity index is 285. The molecule has 0 saturated carbocycles. The molecule has 0 atom stereocenters. The van der Waals surface area contributed by atoms with Gasteiger partial charge in [0.05, 0.1) is 12.7 Å². The van der Waals surface area contributed by atoms with Crippen LogP contribution in [0.2, 0.25) is 0 Å². The summed E-state index contributed by atoms with van der Waals surface area (Å²) in [7, 11) is 1.24. The maximum Gasteiger partial charge on any atom is 0.338 e. The van der Waals surface area contributed by atoms with E-state index in [1.165, 1.54) is 26.2 Å². The Morgan fingerprint density at radius 3 is 1.85 bits per heavy atom. The second-order valence-corrected chi connectivity index (χ2v) is 2.28. The largest absolute Gasteiger partial charge is 0.465 e. The van der Waals surface area contributed by atoms with E-state index >= 15 is 0 Å². The highest BCUT2D eigenvalue weighted by molar-refractivity contribution is 6.06. The van der Waals surface area contributed by atoms with E-state index in [4.69, 9.17) is 0 Å². The molecular weight excluding hydrogens is 168 g/mol. The van der Waals surface area contributed by atoms with Crippen molar-refractivity contribution in [2.24, 2.45) is 0 Å². The van der Waals surface area contributed by atoms with Gasteiger partial charge in [0, 0.05) is 5.57 Å². The van der Waals surface area contributed by atoms with Crippen molar-refractivity contribution in [3.05, 3.63) is 36.5 Å². The number of rotatable bonds is 4. The molecule has 0 unspecified atom stereocenters. The number of hydrogen-bond acceptors (Lipinski definition) is 3. The second-order valence-electron chi connectivity index (χ2n) is 2.28. The summed E-state index contributed by atoms with van der Waals surface area (Å²) in [5.41, 5.74) is 0.367. The van der Waals surface area contributed by atoms with Gasteiger partial charge in [-0.05, 0) is 6.92 Å². The van der Waals surface area contributed by atoms with Crippen LogP contribution in [0.15, 0.2) is 36.5 Å². The molecule has 70 valence electrons. The number of carbonyl (C=O) groups excluding carboxylic acids is 2. The summed E-state index contributed by atoms with van der Waals surface area (Å²) in [6.07, 6.45) is 2.60. The summed E-state index contributed by atoms with van der Waals surface area (Å²) in [6.45, 7) is 8.21. The number of carbonyl (C=O) groups is 2. The van der Waals surface area contributed by atoms with Gasteiger partial charge in [-0.25, -0.2) is 4.79 Å². The minimum absolute atomic E-state index is 0.144. The third-order valence-electron chi connectivity index (χ3n) is 1.48. The molecule has 0 aromatic heterocycles.